The topological polar surface area (TPSA) is 20.2 Å². The normalized spacial score (nSPS) is 33.1. The number of hydrogen-bond donors (Lipinski definition) is 1. The second-order valence-corrected chi connectivity index (χ2v) is 5.11. The van der Waals surface area contributed by atoms with Crippen molar-refractivity contribution in [2.45, 2.75) is 65.3 Å². The van der Waals surface area contributed by atoms with E-state index in [0.717, 1.165) is 6.42 Å². The Kier molecular flexibility index (Phi) is 2.73. The van der Waals surface area contributed by atoms with Gasteiger partial charge in [-0.1, -0.05) is 23.3 Å². The van der Waals surface area contributed by atoms with Gasteiger partial charge in [-0.15, -0.1) is 0 Å². The van der Waals surface area contributed by atoms with Crippen molar-refractivity contribution in [2.75, 3.05) is 0 Å². The average molecular weight is 227 g/mol. The van der Waals surface area contributed by atoms with Gasteiger partial charge in [0, 0.05) is 6.85 Å². The Hall–Kier alpha value is -0.560. The van der Waals surface area contributed by atoms with Crippen LogP contribution in [0.2, 0.25) is 0 Å². The van der Waals surface area contributed by atoms with Crippen LogP contribution in [-0.2, 0) is 0 Å². The lowest BCUT2D eigenvalue weighted by Crippen LogP contribution is -2.35. The second kappa shape index (κ2) is 5.67. The van der Waals surface area contributed by atoms with Crippen LogP contribution in [0.25, 0.3) is 0 Å². The molecule has 0 aromatic heterocycles. The summed E-state index contributed by atoms with van der Waals surface area (Å²) in [5.41, 5.74) is 0.0801. The predicted molar refractivity (Wildman–Crippen MR) is 70.4 cm³/mol. The van der Waals surface area contributed by atoms with Crippen molar-refractivity contribution in [3.63, 3.8) is 0 Å². The van der Waals surface area contributed by atoms with E-state index in [-0.39, 0.29) is 17.9 Å². The highest BCUT2D eigenvalue weighted by molar-refractivity contribution is 5.06. The molecular weight excluding hydrogens is 196 g/mol. The minimum Gasteiger partial charge on any atom is -0.390 e. The van der Waals surface area contributed by atoms with Gasteiger partial charge in [0.25, 0.3) is 0 Å². The van der Waals surface area contributed by atoms with Gasteiger partial charge in [-0.25, -0.2) is 0 Å². The van der Waals surface area contributed by atoms with Crippen molar-refractivity contribution in [3.05, 3.63) is 23.3 Å². The van der Waals surface area contributed by atoms with Crippen LogP contribution in [0.15, 0.2) is 23.3 Å². The van der Waals surface area contributed by atoms with Crippen LogP contribution in [0, 0.1) is 5.92 Å². The third-order valence-electron chi connectivity index (χ3n) is 3.23. The molecule has 1 rings (SSSR count). The zero-order valence-corrected chi connectivity index (χ0v) is 10.5. The molecule has 0 unspecified atom stereocenters. The van der Waals surface area contributed by atoms with Crippen LogP contribution in [0.5, 0.6) is 0 Å². The summed E-state index contributed by atoms with van der Waals surface area (Å²) >= 11 is 0. The fourth-order valence-corrected chi connectivity index (χ4v) is 1.98. The lowest BCUT2D eigenvalue weighted by Gasteiger charge is -2.34. The Morgan fingerprint density at radius 2 is 2.50 bits per heavy atom. The number of rotatable bonds is 4. The summed E-state index contributed by atoms with van der Waals surface area (Å²) in [4.78, 5) is 0. The quantitative estimate of drug-likeness (QED) is 0.713. The van der Waals surface area contributed by atoms with Gasteiger partial charge < -0.3 is 5.11 Å². The Labute approximate surface area is 107 Å². The van der Waals surface area contributed by atoms with Gasteiger partial charge in [0.1, 0.15) is 0 Å². The molecule has 1 N–H and O–H groups in total. The summed E-state index contributed by atoms with van der Waals surface area (Å²) in [6.07, 6.45) is 3.40. The maximum atomic E-state index is 10.6. The molecule has 0 amide bonds. The summed E-state index contributed by atoms with van der Waals surface area (Å²) in [5, 5.41) is 10.6. The molecule has 0 aliphatic heterocycles. The first-order valence-corrected chi connectivity index (χ1v) is 5.93. The molecule has 0 saturated carbocycles. The third-order valence-corrected chi connectivity index (χ3v) is 3.23. The van der Waals surface area contributed by atoms with Gasteiger partial charge in [0.15, 0.2) is 0 Å². The molecule has 1 heteroatoms. The molecule has 0 heterocycles. The summed E-state index contributed by atoms with van der Waals surface area (Å²) < 4.78 is 38.3. The molecule has 2 atom stereocenters. The molecule has 1 nitrogen and oxygen atoms in total. The molecule has 1 aliphatic rings. The zero-order chi connectivity index (χ0) is 16.5. The fraction of sp³-hybridized carbons (Fsp3) is 0.733. The SMILES string of the molecule is [2H]C([2H])([2H])C1=CC[C@@H]([C@@](C)(O)CCC=C(C)C)CC1([2H])[2H]. The number of allylic oxidation sites excluding steroid dienone is 4. The maximum Gasteiger partial charge on any atom is 0.0653 e. The first-order valence-electron chi connectivity index (χ1n) is 8.43. The largest absolute Gasteiger partial charge is 0.390 e. The van der Waals surface area contributed by atoms with Crippen molar-refractivity contribution in [1.29, 1.82) is 0 Å². The van der Waals surface area contributed by atoms with Crippen LogP contribution in [0.4, 0.5) is 0 Å². The van der Waals surface area contributed by atoms with Gasteiger partial charge in [0.2, 0.25) is 0 Å². The Morgan fingerprint density at radius 3 is 3.06 bits per heavy atom. The molecule has 0 bridgehead atoms. The summed E-state index contributed by atoms with van der Waals surface area (Å²) in [5.74, 6) is -0.260. The van der Waals surface area contributed by atoms with E-state index in [2.05, 4.69) is 6.08 Å². The van der Waals surface area contributed by atoms with Crippen molar-refractivity contribution < 1.29 is 12.0 Å². The molecule has 0 aromatic carbocycles. The molecule has 0 saturated heterocycles. The highest BCUT2D eigenvalue weighted by Gasteiger charge is 2.31. The molecule has 92 valence electrons. The van der Waals surface area contributed by atoms with E-state index >= 15 is 0 Å². The first kappa shape index (κ1) is 7.71. The van der Waals surface area contributed by atoms with Gasteiger partial charge in [-0.05, 0) is 65.6 Å². The van der Waals surface area contributed by atoms with Gasteiger partial charge >= 0.3 is 0 Å². The van der Waals surface area contributed by atoms with Crippen LogP contribution >= 0.6 is 0 Å². The maximum absolute atomic E-state index is 10.6. The molecule has 0 spiro atoms. The molecule has 0 aromatic rings. The van der Waals surface area contributed by atoms with Crippen LogP contribution < -0.4 is 0 Å². The standard InChI is InChI=1S/C15H26O/c1-12(2)6-5-11-15(4,16)14-9-7-13(3)8-10-14/h6-7,14,16H,5,8-11H2,1-4H3/t14-,15+/m1/s1/i3D3,8D2. The average Bonchev–Trinajstić information content (AvgIpc) is 2.24. The summed E-state index contributed by atoms with van der Waals surface area (Å²) in [6.45, 7) is 3.32. The number of hydrogen-bond acceptors (Lipinski definition) is 1. The lowest BCUT2D eigenvalue weighted by molar-refractivity contribution is -0.0122. The van der Waals surface area contributed by atoms with E-state index in [9.17, 15) is 5.11 Å². The first-order chi connectivity index (χ1) is 9.36. The van der Waals surface area contributed by atoms with Gasteiger partial charge in [0.05, 0.1) is 5.60 Å². The van der Waals surface area contributed by atoms with Crippen LogP contribution in [0.1, 0.15) is 66.5 Å². The minimum atomic E-state index is -2.40. The van der Waals surface area contributed by atoms with E-state index < -0.39 is 18.8 Å². The van der Waals surface area contributed by atoms with E-state index in [1.807, 2.05) is 13.8 Å². The van der Waals surface area contributed by atoms with Crippen molar-refractivity contribution >= 4 is 0 Å². The summed E-state index contributed by atoms with van der Waals surface area (Å²) in [7, 11) is 0. The smallest absolute Gasteiger partial charge is 0.0653 e. The molecular formula is C15H26O. The van der Waals surface area contributed by atoms with Gasteiger partial charge in [-0.3, -0.25) is 0 Å². The second-order valence-electron chi connectivity index (χ2n) is 5.11. The monoisotopic (exact) mass is 227 g/mol. The van der Waals surface area contributed by atoms with Crippen molar-refractivity contribution in [3.8, 4) is 0 Å². The predicted octanol–water partition coefficient (Wildman–Crippen LogP) is 4.23. The third kappa shape index (κ3) is 4.13. The van der Waals surface area contributed by atoms with E-state index in [1.165, 1.54) is 11.6 Å². The Morgan fingerprint density at radius 1 is 1.75 bits per heavy atom. The fourth-order valence-electron chi connectivity index (χ4n) is 1.98. The van der Waals surface area contributed by atoms with Crippen molar-refractivity contribution in [2.24, 2.45) is 5.92 Å². The van der Waals surface area contributed by atoms with Crippen LogP contribution in [0.3, 0.4) is 0 Å². The highest BCUT2D eigenvalue weighted by atomic mass is 16.3. The molecule has 0 fully saturated rings. The molecule has 16 heavy (non-hydrogen) atoms. The molecule has 1 aliphatic carbocycles. The zero-order valence-electron chi connectivity index (χ0n) is 15.5. The van der Waals surface area contributed by atoms with E-state index in [0.29, 0.717) is 12.8 Å². The minimum absolute atomic E-state index is 0.0546. The summed E-state index contributed by atoms with van der Waals surface area (Å²) in [6, 6.07) is 0. The van der Waals surface area contributed by atoms with E-state index in [1.54, 1.807) is 6.92 Å². The van der Waals surface area contributed by atoms with Crippen LogP contribution in [-0.4, -0.2) is 10.7 Å². The lowest BCUT2D eigenvalue weighted by atomic mass is 9.76. The highest BCUT2D eigenvalue weighted by Crippen LogP contribution is 2.34. The Balaban J connectivity index is 2.84. The van der Waals surface area contributed by atoms with Gasteiger partial charge in [-0.2, -0.15) is 0 Å². The van der Waals surface area contributed by atoms with Crippen molar-refractivity contribution in [1.82, 2.24) is 0 Å². The Bertz CT molecular complexity index is 428. The number of aliphatic hydroxyl groups is 1. The molecule has 0 radical (unpaired) electrons. The van der Waals surface area contributed by atoms with E-state index in [4.69, 9.17) is 6.85 Å².